The molecule has 1 saturated carbocycles. The number of Topliss-reactive ketones (excluding diaryl/α,β-unsaturated/α-hetero) is 1. The van der Waals surface area contributed by atoms with Crippen molar-refractivity contribution < 1.29 is 4.79 Å². The third kappa shape index (κ3) is 1.94. The zero-order valence-electron chi connectivity index (χ0n) is 8.82. The van der Waals surface area contributed by atoms with Crippen LogP contribution in [0.2, 0.25) is 0 Å². The molecule has 80 valence electrons. The Morgan fingerprint density at radius 2 is 2.00 bits per heavy atom. The van der Waals surface area contributed by atoms with Crippen LogP contribution in [0.1, 0.15) is 23.2 Å². The van der Waals surface area contributed by atoms with Gasteiger partial charge >= 0.3 is 0 Å². The highest BCUT2D eigenvalue weighted by Crippen LogP contribution is 2.47. The molecule has 1 aliphatic carbocycles. The number of ketones is 1. The predicted molar refractivity (Wildman–Crippen MR) is 63.3 cm³/mol. The molecule has 0 bridgehead atoms. The van der Waals surface area contributed by atoms with Gasteiger partial charge in [-0.3, -0.25) is 4.79 Å². The van der Waals surface area contributed by atoms with Crippen molar-refractivity contribution in [2.45, 2.75) is 17.7 Å². The van der Waals surface area contributed by atoms with Crippen LogP contribution in [0.3, 0.4) is 0 Å². The Bertz CT molecular complexity index is 368. The number of thioether (sulfide) groups is 1. The lowest BCUT2D eigenvalue weighted by molar-refractivity contribution is 0.0905. The van der Waals surface area contributed by atoms with Gasteiger partial charge in [-0.25, -0.2) is 0 Å². The Morgan fingerprint density at radius 3 is 2.40 bits per heavy atom. The van der Waals surface area contributed by atoms with Gasteiger partial charge in [-0.15, -0.1) is 11.8 Å². The molecule has 0 aliphatic heterocycles. The van der Waals surface area contributed by atoms with Crippen LogP contribution in [0.25, 0.3) is 0 Å². The van der Waals surface area contributed by atoms with Crippen LogP contribution in [0.4, 0.5) is 0 Å². The van der Waals surface area contributed by atoms with Crippen LogP contribution in [0.5, 0.6) is 0 Å². The van der Waals surface area contributed by atoms with Gasteiger partial charge in [0.25, 0.3) is 0 Å². The molecule has 0 unspecified atom stereocenters. The Kier molecular flexibility index (Phi) is 2.85. The van der Waals surface area contributed by atoms with Crippen LogP contribution in [-0.4, -0.2) is 18.6 Å². The fourth-order valence-corrected chi connectivity index (χ4v) is 2.13. The molecule has 2 nitrogen and oxygen atoms in total. The van der Waals surface area contributed by atoms with Crippen molar-refractivity contribution in [1.29, 1.82) is 0 Å². The average Bonchev–Trinajstić information content (AvgIpc) is 3.09. The van der Waals surface area contributed by atoms with Gasteiger partial charge in [0.2, 0.25) is 0 Å². The van der Waals surface area contributed by atoms with E-state index in [-0.39, 0.29) is 11.2 Å². The quantitative estimate of drug-likeness (QED) is 0.627. The van der Waals surface area contributed by atoms with Crippen molar-refractivity contribution in [2.75, 3.05) is 12.8 Å². The number of rotatable bonds is 4. The monoisotopic (exact) mass is 221 g/mol. The van der Waals surface area contributed by atoms with Gasteiger partial charge in [-0.2, -0.15) is 0 Å². The summed E-state index contributed by atoms with van der Waals surface area (Å²) < 4.78 is 0. The molecule has 1 fully saturated rings. The van der Waals surface area contributed by atoms with Gasteiger partial charge in [-0.05, 0) is 31.2 Å². The summed E-state index contributed by atoms with van der Waals surface area (Å²) in [6.07, 6.45) is 3.93. The first-order chi connectivity index (χ1) is 7.22. The maximum Gasteiger partial charge on any atom is 0.170 e. The van der Waals surface area contributed by atoms with Gasteiger partial charge in [0.05, 0.1) is 0 Å². The third-order valence-electron chi connectivity index (χ3n) is 3.08. The normalized spacial score (nSPS) is 17.5. The topological polar surface area (TPSA) is 43.1 Å². The number of carbonyl (C=O) groups excluding carboxylic acids is 1. The number of nitrogens with two attached hydrogens (primary N) is 1. The summed E-state index contributed by atoms with van der Waals surface area (Å²) in [6, 6.07) is 7.79. The highest BCUT2D eigenvalue weighted by molar-refractivity contribution is 7.98. The summed E-state index contributed by atoms with van der Waals surface area (Å²) in [4.78, 5) is 13.3. The summed E-state index contributed by atoms with van der Waals surface area (Å²) in [5, 5.41) is 0. The maximum absolute atomic E-state index is 12.1. The highest BCUT2D eigenvalue weighted by Gasteiger charge is 2.48. The summed E-state index contributed by atoms with van der Waals surface area (Å²) >= 11 is 1.68. The van der Waals surface area contributed by atoms with E-state index in [2.05, 4.69) is 0 Å². The molecule has 15 heavy (non-hydrogen) atoms. The Hall–Kier alpha value is -0.800. The zero-order valence-corrected chi connectivity index (χ0v) is 9.64. The summed E-state index contributed by atoms with van der Waals surface area (Å²) in [5.41, 5.74) is 6.22. The molecule has 1 aliphatic rings. The molecule has 0 amide bonds. The zero-order chi connectivity index (χ0) is 10.9. The number of benzene rings is 1. The molecular formula is C12H15NOS. The molecule has 0 radical (unpaired) electrons. The van der Waals surface area contributed by atoms with Crippen molar-refractivity contribution in [3.8, 4) is 0 Å². The van der Waals surface area contributed by atoms with E-state index in [4.69, 9.17) is 5.73 Å². The van der Waals surface area contributed by atoms with Crippen molar-refractivity contribution in [2.24, 2.45) is 11.1 Å². The van der Waals surface area contributed by atoms with Gasteiger partial charge in [0.1, 0.15) is 0 Å². The van der Waals surface area contributed by atoms with E-state index in [0.717, 1.165) is 18.4 Å². The first-order valence-electron chi connectivity index (χ1n) is 5.11. The van der Waals surface area contributed by atoms with E-state index in [9.17, 15) is 4.79 Å². The first kappa shape index (κ1) is 10.7. The lowest BCUT2D eigenvalue weighted by Gasteiger charge is -2.10. The van der Waals surface area contributed by atoms with Crippen molar-refractivity contribution in [1.82, 2.24) is 0 Å². The molecule has 0 spiro atoms. The van der Waals surface area contributed by atoms with Crippen LogP contribution < -0.4 is 5.73 Å². The lowest BCUT2D eigenvalue weighted by atomic mass is 9.95. The Labute approximate surface area is 94.2 Å². The second-order valence-corrected chi connectivity index (χ2v) is 4.92. The third-order valence-corrected chi connectivity index (χ3v) is 3.82. The molecule has 0 heterocycles. The van der Waals surface area contributed by atoms with Gasteiger partial charge < -0.3 is 5.73 Å². The molecule has 1 aromatic carbocycles. The minimum atomic E-state index is -0.221. The SMILES string of the molecule is CSc1ccc(C(=O)C2(CN)CC2)cc1. The predicted octanol–water partition coefficient (Wildman–Crippen LogP) is 2.33. The summed E-state index contributed by atoms with van der Waals surface area (Å²) in [7, 11) is 0. The number of hydrogen-bond donors (Lipinski definition) is 1. The molecular weight excluding hydrogens is 206 g/mol. The van der Waals surface area contributed by atoms with Gasteiger partial charge in [-0.1, -0.05) is 12.1 Å². The number of hydrogen-bond acceptors (Lipinski definition) is 3. The fraction of sp³-hybridized carbons (Fsp3) is 0.417. The average molecular weight is 221 g/mol. The van der Waals surface area contributed by atoms with Crippen molar-refractivity contribution in [3.63, 3.8) is 0 Å². The van der Waals surface area contributed by atoms with E-state index >= 15 is 0 Å². The Balaban J connectivity index is 2.19. The van der Waals surface area contributed by atoms with Crippen molar-refractivity contribution >= 4 is 17.5 Å². The highest BCUT2D eigenvalue weighted by atomic mass is 32.2. The molecule has 0 saturated heterocycles. The van der Waals surface area contributed by atoms with Crippen LogP contribution in [0, 0.1) is 5.41 Å². The second-order valence-electron chi connectivity index (χ2n) is 4.04. The van der Waals surface area contributed by atoms with E-state index in [0.29, 0.717) is 6.54 Å². The largest absolute Gasteiger partial charge is 0.329 e. The van der Waals surface area contributed by atoms with Crippen LogP contribution >= 0.6 is 11.8 Å². The minimum absolute atomic E-state index is 0.220. The van der Waals surface area contributed by atoms with Gasteiger partial charge in [0.15, 0.2) is 5.78 Å². The molecule has 2 rings (SSSR count). The molecule has 0 aromatic heterocycles. The van der Waals surface area contributed by atoms with E-state index in [1.807, 2.05) is 30.5 Å². The van der Waals surface area contributed by atoms with E-state index in [1.165, 1.54) is 4.90 Å². The first-order valence-corrected chi connectivity index (χ1v) is 6.33. The molecule has 0 atom stereocenters. The summed E-state index contributed by atoms with van der Waals surface area (Å²) in [5.74, 6) is 0.220. The maximum atomic E-state index is 12.1. The fourth-order valence-electron chi connectivity index (χ4n) is 1.72. The second kappa shape index (κ2) is 3.99. The standard InChI is InChI=1S/C12H15NOS/c1-15-10-4-2-9(3-5-10)11(14)12(8-13)6-7-12/h2-5H,6-8,13H2,1H3. The molecule has 2 N–H and O–H groups in total. The lowest BCUT2D eigenvalue weighted by Crippen LogP contribution is -2.25. The minimum Gasteiger partial charge on any atom is -0.329 e. The van der Waals surface area contributed by atoms with Gasteiger partial charge in [0, 0.05) is 22.4 Å². The summed E-state index contributed by atoms with van der Waals surface area (Å²) in [6.45, 7) is 0.482. The molecule has 3 heteroatoms. The van der Waals surface area contributed by atoms with E-state index < -0.39 is 0 Å². The smallest absolute Gasteiger partial charge is 0.170 e. The number of carbonyl (C=O) groups is 1. The van der Waals surface area contributed by atoms with Crippen LogP contribution in [0.15, 0.2) is 29.2 Å². The molecule has 1 aromatic rings. The van der Waals surface area contributed by atoms with Crippen molar-refractivity contribution in [3.05, 3.63) is 29.8 Å². The van der Waals surface area contributed by atoms with E-state index in [1.54, 1.807) is 11.8 Å². The Morgan fingerprint density at radius 1 is 1.40 bits per heavy atom. The van der Waals surface area contributed by atoms with Crippen LogP contribution in [-0.2, 0) is 0 Å².